The van der Waals surface area contributed by atoms with E-state index in [1.54, 1.807) is 0 Å². The Labute approximate surface area is 122 Å². The van der Waals surface area contributed by atoms with Crippen molar-refractivity contribution in [3.63, 3.8) is 0 Å². The van der Waals surface area contributed by atoms with E-state index in [2.05, 4.69) is 12.3 Å². The summed E-state index contributed by atoms with van der Waals surface area (Å²) >= 11 is 0. The Morgan fingerprint density at radius 3 is 2.55 bits per heavy atom. The Bertz CT molecular complexity index is 324. The van der Waals surface area contributed by atoms with Crippen molar-refractivity contribution >= 4 is 0 Å². The lowest BCUT2D eigenvalue weighted by Gasteiger charge is -2.51. The van der Waals surface area contributed by atoms with Crippen molar-refractivity contribution in [2.45, 2.75) is 82.0 Å². The van der Waals surface area contributed by atoms with Crippen LogP contribution in [0.5, 0.6) is 0 Å². The molecule has 4 heteroatoms. The molecule has 0 aromatic heterocycles. The largest absolute Gasteiger partial charge is 0.375 e. The van der Waals surface area contributed by atoms with Crippen LogP contribution in [0.15, 0.2) is 0 Å². The first-order chi connectivity index (χ1) is 9.74. The van der Waals surface area contributed by atoms with E-state index in [0.717, 1.165) is 38.9 Å². The highest BCUT2D eigenvalue weighted by atomic mass is 16.5. The van der Waals surface area contributed by atoms with E-state index in [-0.39, 0.29) is 17.2 Å². The smallest absolute Gasteiger partial charge is 0.0850 e. The number of nitrogens with one attached hydrogen (secondary N) is 1. The zero-order valence-corrected chi connectivity index (χ0v) is 12.8. The molecule has 1 heterocycles. The average Bonchev–Trinajstić information content (AvgIpc) is 2.88. The Morgan fingerprint density at radius 1 is 1.25 bits per heavy atom. The van der Waals surface area contributed by atoms with Crippen LogP contribution in [-0.2, 0) is 9.47 Å². The predicted octanol–water partition coefficient (Wildman–Crippen LogP) is 2.52. The van der Waals surface area contributed by atoms with Crippen LogP contribution >= 0.6 is 0 Å². The standard InChI is InChI=1S/C16H30N2O2/c1-2-19-16(9-3-4-10-16)14(18-17)13-6-11-20-15(12-13)7-5-8-15/h13-14,18H,2-12,17H2,1H3. The number of hydrogen-bond acceptors (Lipinski definition) is 4. The van der Waals surface area contributed by atoms with Gasteiger partial charge >= 0.3 is 0 Å². The maximum absolute atomic E-state index is 6.23. The molecule has 3 N–H and O–H groups in total. The highest BCUT2D eigenvalue weighted by molar-refractivity contribution is 5.04. The van der Waals surface area contributed by atoms with E-state index in [4.69, 9.17) is 15.3 Å². The van der Waals surface area contributed by atoms with Crippen LogP contribution in [0.3, 0.4) is 0 Å². The molecule has 0 bridgehead atoms. The maximum Gasteiger partial charge on any atom is 0.0850 e. The number of nitrogens with two attached hydrogens (primary N) is 1. The summed E-state index contributed by atoms with van der Waals surface area (Å²) in [5.74, 6) is 6.57. The van der Waals surface area contributed by atoms with Gasteiger partial charge in [0, 0.05) is 13.2 Å². The summed E-state index contributed by atoms with van der Waals surface area (Å²) in [6.45, 7) is 3.78. The molecule has 3 fully saturated rings. The van der Waals surface area contributed by atoms with Crippen LogP contribution in [0.2, 0.25) is 0 Å². The molecule has 2 aliphatic carbocycles. The number of rotatable bonds is 5. The molecule has 2 saturated carbocycles. The van der Waals surface area contributed by atoms with Crippen LogP contribution in [0, 0.1) is 5.92 Å². The molecular weight excluding hydrogens is 252 g/mol. The van der Waals surface area contributed by atoms with Crippen molar-refractivity contribution in [1.29, 1.82) is 0 Å². The Morgan fingerprint density at radius 2 is 2.00 bits per heavy atom. The molecule has 2 atom stereocenters. The Kier molecular flexibility index (Phi) is 4.37. The second-order valence-electron chi connectivity index (χ2n) is 6.99. The second-order valence-corrected chi connectivity index (χ2v) is 6.99. The number of ether oxygens (including phenoxy) is 2. The molecule has 0 aromatic carbocycles. The normalized spacial score (nSPS) is 33.0. The minimum absolute atomic E-state index is 0.0313. The first kappa shape index (κ1) is 14.8. The molecule has 2 unspecified atom stereocenters. The molecule has 3 aliphatic rings. The van der Waals surface area contributed by atoms with Gasteiger partial charge in [-0.2, -0.15) is 0 Å². The molecular formula is C16H30N2O2. The third-order valence-electron chi connectivity index (χ3n) is 5.90. The van der Waals surface area contributed by atoms with Crippen LogP contribution in [0.25, 0.3) is 0 Å². The van der Waals surface area contributed by atoms with Gasteiger partial charge in [0.2, 0.25) is 0 Å². The summed E-state index contributed by atoms with van der Waals surface area (Å²) in [6.07, 6.45) is 10.9. The minimum atomic E-state index is -0.0313. The Hall–Kier alpha value is -0.160. The highest BCUT2D eigenvalue weighted by Crippen LogP contribution is 2.48. The number of hydrogen-bond donors (Lipinski definition) is 2. The fourth-order valence-electron chi connectivity index (χ4n) is 4.79. The summed E-state index contributed by atoms with van der Waals surface area (Å²) in [7, 11) is 0. The van der Waals surface area contributed by atoms with Gasteiger partial charge in [-0.25, -0.2) is 0 Å². The van der Waals surface area contributed by atoms with Crippen LogP contribution in [0.1, 0.15) is 64.7 Å². The van der Waals surface area contributed by atoms with Gasteiger partial charge in [-0.15, -0.1) is 0 Å². The van der Waals surface area contributed by atoms with Gasteiger partial charge in [0.15, 0.2) is 0 Å². The van der Waals surface area contributed by atoms with Crippen molar-refractivity contribution in [3.8, 4) is 0 Å². The summed E-state index contributed by atoms with van der Waals surface area (Å²) in [5.41, 5.74) is 3.30. The molecule has 116 valence electrons. The first-order valence-corrected chi connectivity index (χ1v) is 8.48. The van der Waals surface area contributed by atoms with E-state index in [1.807, 2.05) is 0 Å². The van der Waals surface area contributed by atoms with Gasteiger partial charge in [0.25, 0.3) is 0 Å². The number of hydrazine groups is 1. The summed E-state index contributed by atoms with van der Waals surface area (Å²) < 4.78 is 12.3. The molecule has 20 heavy (non-hydrogen) atoms. The molecule has 3 rings (SSSR count). The lowest BCUT2D eigenvalue weighted by molar-refractivity contribution is -0.163. The van der Waals surface area contributed by atoms with Crippen LogP contribution in [0.4, 0.5) is 0 Å². The van der Waals surface area contributed by atoms with E-state index in [1.165, 1.54) is 32.1 Å². The quantitative estimate of drug-likeness (QED) is 0.601. The molecule has 1 saturated heterocycles. The van der Waals surface area contributed by atoms with E-state index in [0.29, 0.717) is 5.92 Å². The molecule has 4 nitrogen and oxygen atoms in total. The highest BCUT2D eigenvalue weighted by Gasteiger charge is 2.50. The SMILES string of the molecule is CCOC1(C(NN)C2CCOC3(CCC3)C2)CCCC1. The summed E-state index contributed by atoms with van der Waals surface area (Å²) in [5, 5.41) is 0. The fourth-order valence-corrected chi connectivity index (χ4v) is 4.79. The van der Waals surface area contributed by atoms with Crippen molar-refractivity contribution in [2.24, 2.45) is 11.8 Å². The van der Waals surface area contributed by atoms with Crippen molar-refractivity contribution in [2.75, 3.05) is 13.2 Å². The van der Waals surface area contributed by atoms with Gasteiger partial charge in [0.05, 0.1) is 17.2 Å². The van der Waals surface area contributed by atoms with Crippen molar-refractivity contribution < 1.29 is 9.47 Å². The third-order valence-corrected chi connectivity index (χ3v) is 5.90. The molecule has 1 aliphatic heterocycles. The van der Waals surface area contributed by atoms with Crippen LogP contribution < -0.4 is 11.3 Å². The predicted molar refractivity (Wildman–Crippen MR) is 79.2 cm³/mol. The van der Waals surface area contributed by atoms with Gasteiger partial charge in [-0.05, 0) is 57.8 Å². The average molecular weight is 282 g/mol. The lowest BCUT2D eigenvalue weighted by atomic mass is 9.68. The third kappa shape index (κ3) is 2.52. The Balaban J connectivity index is 1.74. The van der Waals surface area contributed by atoms with Crippen molar-refractivity contribution in [3.05, 3.63) is 0 Å². The van der Waals surface area contributed by atoms with Gasteiger partial charge in [-0.1, -0.05) is 12.8 Å². The van der Waals surface area contributed by atoms with Crippen molar-refractivity contribution in [1.82, 2.24) is 5.43 Å². The molecule has 1 spiro atoms. The fraction of sp³-hybridized carbons (Fsp3) is 1.00. The van der Waals surface area contributed by atoms with E-state index < -0.39 is 0 Å². The summed E-state index contributed by atoms with van der Waals surface area (Å²) in [4.78, 5) is 0. The monoisotopic (exact) mass is 282 g/mol. The van der Waals surface area contributed by atoms with Gasteiger partial charge in [0.1, 0.15) is 0 Å². The zero-order chi connectivity index (χ0) is 14.1. The minimum Gasteiger partial charge on any atom is -0.375 e. The summed E-state index contributed by atoms with van der Waals surface area (Å²) in [6, 6.07) is 0.284. The molecule has 0 amide bonds. The first-order valence-electron chi connectivity index (χ1n) is 8.48. The van der Waals surface area contributed by atoms with E-state index >= 15 is 0 Å². The second kappa shape index (κ2) is 5.91. The molecule has 0 radical (unpaired) electrons. The maximum atomic E-state index is 6.23. The molecule has 0 aromatic rings. The van der Waals surface area contributed by atoms with Crippen LogP contribution in [-0.4, -0.2) is 30.5 Å². The van der Waals surface area contributed by atoms with E-state index in [9.17, 15) is 0 Å². The zero-order valence-electron chi connectivity index (χ0n) is 12.8. The van der Waals surface area contributed by atoms with Gasteiger partial charge < -0.3 is 9.47 Å². The topological polar surface area (TPSA) is 56.5 Å². The van der Waals surface area contributed by atoms with Gasteiger partial charge in [-0.3, -0.25) is 11.3 Å². The lowest BCUT2D eigenvalue weighted by Crippen LogP contribution is -2.60.